The van der Waals surface area contributed by atoms with Crippen LogP contribution in [0.15, 0.2) is 12.1 Å². The number of phenols is 1. The van der Waals surface area contributed by atoms with E-state index < -0.39 is 53.7 Å². The fourth-order valence-corrected chi connectivity index (χ4v) is 5.58. The van der Waals surface area contributed by atoms with Crippen LogP contribution < -0.4 is 5.32 Å². The molecule has 9 nitrogen and oxygen atoms in total. The van der Waals surface area contributed by atoms with E-state index in [1.807, 2.05) is 6.92 Å². The van der Waals surface area contributed by atoms with E-state index in [1.54, 1.807) is 19.1 Å². The largest absolute Gasteiger partial charge is 0.505 e. The zero-order valence-electron chi connectivity index (χ0n) is 21.0. The van der Waals surface area contributed by atoms with Crippen molar-refractivity contribution in [3.63, 3.8) is 0 Å². The van der Waals surface area contributed by atoms with Gasteiger partial charge in [-0.15, -0.1) is 0 Å². The summed E-state index contributed by atoms with van der Waals surface area (Å²) in [5.41, 5.74) is 1.14. The fraction of sp³-hybridized carbons (Fsp3) is 0.593. The summed E-state index contributed by atoms with van der Waals surface area (Å²) in [7, 11) is 0. The van der Waals surface area contributed by atoms with E-state index in [4.69, 9.17) is 4.74 Å². The molecule has 0 radical (unpaired) electrons. The van der Waals surface area contributed by atoms with Crippen LogP contribution in [0.4, 0.5) is 5.69 Å². The average Bonchev–Trinajstić information content (AvgIpc) is 2.80. The van der Waals surface area contributed by atoms with Crippen LogP contribution in [0.1, 0.15) is 68.8 Å². The van der Waals surface area contributed by atoms with Gasteiger partial charge in [0.05, 0.1) is 24.5 Å². The number of fused-ring (bicyclic) bond motifs is 1. The molecule has 3 rings (SSSR count). The lowest BCUT2D eigenvalue weighted by atomic mass is 9.67. The van der Waals surface area contributed by atoms with Crippen LogP contribution in [0.5, 0.6) is 5.75 Å². The zero-order chi connectivity index (χ0) is 26.6. The molecule has 3 N–H and O–H groups in total. The van der Waals surface area contributed by atoms with Gasteiger partial charge in [-0.25, -0.2) is 4.79 Å². The topological polar surface area (TPSA) is 147 Å². The zero-order valence-corrected chi connectivity index (χ0v) is 21.0. The number of carbonyl (C=O) groups is 5. The maximum absolute atomic E-state index is 13.1. The molecule has 0 spiro atoms. The van der Waals surface area contributed by atoms with E-state index in [0.29, 0.717) is 24.8 Å². The molecule has 0 aliphatic heterocycles. The molecule has 2 aliphatic carbocycles. The predicted octanol–water partition coefficient (Wildman–Crippen LogP) is 2.64. The second-order valence-corrected chi connectivity index (χ2v) is 9.83. The number of Topliss-reactive ketones (excluding diaryl/α,β-unsaturated/α-hetero) is 4. The second-order valence-electron chi connectivity index (χ2n) is 9.83. The van der Waals surface area contributed by atoms with Gasteiger partial charge >= 0.3 is 5.97 Å². The standard InChI is InChI=1S/C27H35NO8/c1-4-6-20(27(35)36-5-2)28-19-8-7-16-9-15(11-21(31)24(16)26(19)34)10-17-12-22(32)23(14(3)30)25(33)18(17)13-29/h7-8,15,17-18,20,23,28-29,34H,4-6,9-13H2,1-3H3. The van der Waals surface area contributed by atoms with Gasteiger partial charge in [0.25, 0.3) is 0 Å². The normalized spacial score (nSPS) is 24.7. The Labute approximate surface area is 210 Å². The van der Waals surface area contributed by atoms with Crippen molar-refractivity contribution in [1.29, 1.82) is 0 Å². The van der Waals surface area contributed by atoms with Gasteiger partial charge < -0.3 is 20.3 Å². The lowest BCUT2D eigenvalue weighted by Crippen LogP contribution is -2.46. The fourth-order valence-electron chi connectivity index (χ4n) is 5.58. The molecular formula is C27H35NO8. The Balaban J connectivity index is 1.77. The number of carbonyl (C=O) groups excluding carboxylic acids is 5. The predicted molar refractivity (Wildman–Crippen MR) is 131 cm³/mol. The Morgan fingerprint density at radius 2 is 1.86 bits per heavy atom. The summed E-state index contributed by atoms with van der Waals surface area (Å²) in [5, 5.41) is 23.7. The van der Waals surface area contributed by atoms with Crippen LogP contribution >= 0.6 is 0 Å². The number of benzene rings is 1. The molecular weight excluding hydrogens is 466 g/mol. The van der Waals surface area contributed by atoms with Crippen molar-refractivity contribution in [1.82, 2.24) is 0 Å². The maximum atomic E-state index is 13.1. The molecule has 0 bridgehead atoms. The van der Waals surface area contributed by atoms with Crippen molar-refractivity contribution in [3.05, 3.63) is 23.3 Å². The summed E-state index contributed by atoms with van der Waals surface area (Å²) < 4.78 is 5.11. The molecule has 5 unspecified atom stereocenters. The molecule has 1 fully saturated rings. The maximum Gasteiger partial charge on any atom is 0.328 e. The monoisotopic (exact) mass is 501 g/mol. The SMILES string of the molecule is CCCC(Nc1ccc2c(c1O)C(=O)CC(CC1CC(=O)C(C(C)=O)C(=O)C1CO)C2)C(=O)OCC. The summed E-state index contributed by atoms with van der Waals surface area (Å²) in [5.74, 6) is -5.11. The minimum Gasteiger partial charge on any atom is -0.505 e. The third kappa shape index (κ3) is 5.67. The number of nitrogens with one attached hydrogen (secondary N) is 1. The molecule has 9 heteroatoms. The molecule has 5 atom stereocenters. The van der Waals surface area contributed by atoms with Gasteiger partial charge in [-0.1, -0.05) is 19.4 Å². The number of aliphatic hydroxyl groups excluding tert-OH is 1. The highest BCUT2D eigenvalue weighted by Gasteiger charge is 2.46. The molecule has 196 valence electrons. The number of ether oxygens (including phenoxy) is 1. The Hall–Kier alpha value is -3.07. The smallest absolute Gasteiger partial charge is 0.328 e. The quantitative estimate of drug-likeness (QED) is 0.250. The minimum atomic E-state index is -1.30. The first-order valence-corrected chi connectivity index (χ1v) is 12.6. The highest BCUT2D eigenvalue weighted by molar-refractivity contribution is 6.20. The average molecular weight is 502 g/mol. The van der Waals surface area contributed by atoms with Crippen LogP contribution in [-0.4, -0.2) is 58.6 Å². The third-order valence-electron chi connectivity index (χ3n) is 7.25. The van der Waals surface area contributed by atoms with Crippen LogP contribution in [0.25, 0.3) is 0 Å². The van der Waals surface area contributed by atoms with Crippen molar-refractivity contribution in [2.45, 2.75) is 65.3 Å². The number of aliphatic hydroxyl groups is 1. The van der Waals surface area contributed by atoms with E-state index in [9.17, 15) is 34.2 Å². The molecule has 2 aliphatic rings. The van der Waals surface area contributed by atoms with Gasteiger partial charge in [-0.3, -0.25) is 19.2 Å². The molecule has 0 aromatic heterocycles. The number of esters is 1. The van der Waals surface area contributed by atoms with Crippen LogP contribution in [-0.2, 0) is 30.3 Å². The molecule has 0 amide bonds. The summed E-state index contributed by atoms with van der Waals surface area (Å²) in [6.45, 7) is 4.64. The Morgan fingerprint density at radius 1 is 1.14 bits per heavy atom. The van der Waals surface area contributed by atoms with Crippen molar-refractivity contribution in [2.75, 3.05) is 18.5 Å². The third-order valence-corrected chi connectivity index (χ3v) is 7.25. The first-order chi connectivity index (χ1) is 17.1. The second kappa shape index (κ2) is 11.8. The highest BCUT2D eigenvalue weighted by atomic mass is 16.5. The number of ketones is 4. The van der Waals surface area contributed by atoms with Crippen LogP contribution in [0.2, 0.25) is 0 Å². The van der Waals surface area contributed by atoms with Crippen LogP contribution in [0.3, 0.4) is 0 Å². The molecule has 1 aromatic carbocycles. The number of hydrogen-bond acceptors (Lipinski definition) is 9. The van der Waals surface area contributed by atoms with E-state index >= 15 is 0 Å². The van der Waals surface area contributed by atoms with Gasteiger partial charge in [0.2, 0.25) is 0 Å². The van der Waals surface area contributed by atoms with Crippen molar-refractivity contribution < 1.29 is 38.9 Å². The number of aromatic hydroxyl groups is 1. The lowest BCUT2D eigenvalue weighted by molar-refractivity contribution is -0.148. The number of phenolic OH excluding ortho intramolecular Hbond substituents is 1. The number of anilines is 1. The molecule has 0 heterocycles. The Bertz CT molecular complexity index is 1050. The first kappa shape index (κ1) is 27.5. The summed E-state index contributed by atoms with van der Waals surface area (Å²) in [4.78, 5) is 62.3. The van der Waals surface area contributed by atoms with Crippen LogP contribution in [0, 0.1) is 23.7 Å². The van der Waals surface area contributed by atoms with Crippen molar-refractivity contribution in [3.8, 4) is 5.75 Å². The van der Waals surface area contributed by atoms with Gasteiger partial charge in [-0.05, 0) is 56.6 Å². The molecule has 1 aromatic rings. The summed E-state index contributed by atoms with van der Waals surface area (Å²) in [6.07, 6.45) is 2.18. The molecule has 0 saturated heterocycles. The highest BCUT2D eigenvalue weighted by Crippen LogP contribution is 2.41. The van der Waals surface area contributed by atoms with E-state index in [2.05, 4.69) is 5.32 Å². The van der Waals surface area contributed by atoms with E-state index in [1.165, 1.54) is 6.92 Å². The van der Waals surface area contributed by atoms with Crippen molar-refractivity contribution in [2.24, 2.45) is 23.7 Å². The van der Waals surface area contributed by atoms with Gasteiger partial charge in [-0.2, -0.15) is 0 Å². The number of rotatable bonds is 10. The van der Waals surface area contributed by atoms with E-state index in [0.717, 1.165) is 6.42 Å². The summed E-state index contributed by atoms with van der Waals surface area (Å²) in [6, 6.07) is 2.72. The van der Waals surface area contributed by atoms with Gasteiger partial charge in [0.15, 0.2) is 17.3 Å². The Kier molecular flexibility index (Phi) is 9.00. The lowest BCUT2D eigenvalue weighted by Gasteiger charge is -2.35. The molecule has 36 heavy (non-hydrogen) atoms. The van der Waals surface area contributed by atoms with Gasteiger partial charge in [0, 0.05) is 18.8 Å². The minimum absolute atomic E-state index is 0.0134. The Morgan fingerprint density at radius 3 is 2.47 bits per heavy atom. The van der Waals surface area contributed by atoms with Crippen molar-refractivity contribution >= 4 is 34.8 Å². The van der Waals surface area contributed by atoms with Gasteiger partial charge in [0.1, 0.15) is 23.5 Å². The summed E-state index contributed by atoms with van der Waals surface area (Å²) >= 11 is 0. The molecule has 1 saturated carbocycles. The number of hydrogen-bond donors (Lipinski definition) is 3. The first-order valence-electron chi connectivity index (χ1n) is 12.6. The van der Waals surface area contributed by atoms with E-state index in [-0.39, 0.29) is 48.2 Å².